The highest BCUT2D eigenvalue weighted by atomic mass is 35.6. The topological polar surface area (TPSA) is 75.5 Å². The van der Waals surface area contributed by atoms with Crippen LogP contribution in [0.1, 0.15) is 36.0 Å². The zero-order valence-corrected chi connectivity index (χ0v) is 15.2. The van der Waals surface area contributed by atoms with Crippen LogP contribution in [0.4, 0.5) is 5.69 Å². The molecule has 1 aromatic carbocycles. The fourth-order valence-corrected chi connectivity index (χ4v) is 3.28. The lowest BCUT2D eigenvalue weighted by molar-refractivity contribution is -0.384. The van der Waals surface area contributed by atoms with Crippen LogP contribution in [0.5, 0.6) is 0 Å². The van der Waals surface area contributed by atoms with Crippen LogP contribution in [0.3, 0.4) is 0 Å². The summed E-state index contributed by atoms with van der Waals surface area (Å²) in [7, 11) is 0. The summed E-state index contributed by atoms with van der Waals surface area (Å²) in [5.41, 5.74) is -0.0128. The number of hydrogen-bond acceptors (Lipinski definition) is 4. The standard InChI is InChI=1S/C15H18Cl3N3O3/c16-15(17,18)14(20-8-3-1-2-4-9-20)19-13(22)11-6-5-7-12(10-11)21(23)24/h5-7,10,14H,1-4,8-9H2,(H,19,22). The van der Waals surface area contributed by atoms with Crippen molar-refractivity contribution in [1.29, 1.82) is 0 Å². The van der Waals surface area contributed by atoms with Crippen molar-refractivity contribution in [1.82, 2.24) is 10.2 Å². The van der Waals surface area contributed by atoms with E-state index in [1.807, 2.05) is 4.90 Å². The number of nitrogens with one attached hydrogen (secondary N) is 1. The van der Waals surface area contributed by atoms with Gasteiger partial charge in [0, 0.05) is 30.8 Å². The summed E-state index contributed by atoms with van der Waals surface area (Å²) in [5.74, 6) is -0.515. The maximum absolute atomic E-state index is 12.5. The number of carbonyl (C=O) groups is 1. The first-order valence-electron chi connectivity index (χ1n) is 7.65. The molecule has 24 heavy (non-hydrogen) atoms. The second-order valence-electron chi connectivity index (χ2n) is 5.68. The predicted octanol–water partition coefficient (Wildman–Crippen LogP) is 3.90. The third-order valence-corrected chi connectivity index (χ3v) is 4.52. The van der Waals surface area contributed by atoms with Crippen molar-refractivity contribution in [3.8, 4) is 0 Å². The zero-order valence-electron chi connectivity index (χ0n) is 12.9. The maximum atomic E-state index is 12.5. The number of alkyl halides is 3. The number of halogens is 3. The lowest BCUT2D eigenvalue weighted by atomic mass is 10.2. The van der Waals surface area contributed by atoms with E-state index < -0.39 is 20.8 Å². The van der Waals surface area contributed by atoms with Crippen molar-refractivity contribution >= 4 is 46.4 Å². The highest BCUT2D eigenvalue weighted by Crippen LogP contribution is 2.33. The number of nitro benzene ring substituents is 1. The van der Waals surface area contributed by atoms with Gasteiger partial charge in [-0.2, -0.15) is 0 Å². The molecule has 1 aliphatic heterocycles. The number of hydrogen-bond donors (Lipinski definition) is 1. The number of rotatable bonds is 4. The third kappa shape index (κ3) is 5.21. The van der Waals surface area contributed by atoms with E-state index in [-0.39, 0.29) is 11.3 Å². The Hall–Kier alpha value is -1.08. The maximum Gasteiger partial charge on any atom is 0.270 e. The number of benzene rings is 1. The number of likely N-dealkylation sites (tertiary alicyclic amines) is 1. The minimum atomic E-state index is -1.71. The highest BCUT2D eigenvalue weighted by molar-refractivity contribution is 6.68. The van der Waals surface area contributed by atoms with E-state index in [9.17, 15) is 14.9 Å². The van der Waals surface area contributed by atoms with E-state index in [0.29, 0.717) is 13.1 Å². The summed E-state index contributed by atoms with van der Waals surface area (Å²) in [4.78, 5) is 24.7. The number of nitro groups is 1. The van der Waals surface area contributed by atoms with Gasteiger partial charge in [0.05, 0.1) is 4.92 Å². The highest BCUT2D eigenvalue weighted by Gasteiger charge is 2.38. The molecule has 0 aromatic heterocycles. The van der Waals surface area contributed by atoms with Gasteiger partial charge in [-0.25, -0.2) is 0 Å². The Morgan fingerprint density at radius 2 is 1.83 bits per heavy atom. The quantitative estimate of drug-likeness (QED) is 0.477. The molecule has 1 amide bonds. The predicted molar refractivity (Wildman–Crippen MR) is 94.7 cm³/mol. The molecule has 0 spiro atoms. The molecule has 0 bridgehead atoms. The Morgan fingerprint density at radius 3 is 2.38 bits per heavy atom. The molecule has 0 aliphatic carbocycles. The molecule has 132 valence electrons. The molecular weight excluding hydrogens is 377 g/mol. The van der Waals surface area contributed by atoms with Gasteiger partial charge in [0.1, 0.15) is 6.17 Å². The summed E-state index contributed by atoms with van der Waals surface area (Å²) in [6, 6.07) is 5.45. The van der Waals surface area contributed by atoms with E-state index in [1.54, 1.807) is 0 Å². The Balaban J connectivity index is 2.18. The van der Waals surface area contributed by atoms with E-state index in [0.717, 1.165) is 25.7 Å². The van der Waals surface area contributed by atoms with Gasteiger partial charge in [-0.1, -0.05) is 53.7 Å². The first kappa shape index (κ1) is 19.2. The van der Waals surface area contributed by atoms with Gasteiger partial charge in [-0.15, -0.1) is 0 Å². The lowest BCUT2D eigenvalue weighted by Gasteiger charge is -2.35. The molecule has 6 nitrogen and oxygen atoms in total. The molecular formula is C15H18Cl3N3O3. The molecule has 0 radical (unpaired) electrons. The molecule has 1 N–H and O–H groups in total. The fourth-order valence-electron chi connectivity index (χ4n) is 2.70. The van der Waals surface area contributed by atoms with Crippen LogP contribution in [0, 0.1) is 10.1 Å². The van der Waals surface area contributed by atoms with Gasteiger partial charge in [0.15, 0.2) is 0 Å². The molecule has 1 unspecified atom stereocenters. The summed E-state index contributed by atoms with van der Waals surface area (Å²) in [6.07, 6.45) is 3.32. The van der Waals surface area contributed by atoms with E-state index in [4.69, 9.17) is 34.8 Å². The molecule has 9 heteroatoms. The summed E-state index contributed by atoms with van der Waals surface area (Å²) >= 11 is 18.2. The number of nitrogens with zero attached hydrogens (tertiary/aromatic N) is 2. The molecule has 1 heterocycles. The number of carbonyl (C=O) groups excluding carboxylic acids is 1. The van der Waals surface area contributed by atoms with Crippen LogP contribution >= 0.6 is 34.8 Å². The van der Waals surface area contributed by atoms with Crippen LogP contribution < -0.4 is 5.32 Å². The van der Waals surface area contributed by atoms with Gasteiger partial charge in [-0.3, -0.25) is 19.8 Å². The molecule has 1 aromatic rings. The van der Waals surface area contributed by atoms with Gasteiger partial charge in [0.2, 0.25) is 3.79 Å². The first-order chi connectivity index (χ1) is 11.3. The van der Waals surface area contributed by atoms with Crippen molar-refractivity contribution in [2.24, 2.45) is 0 Å². The van der Waals surface area contributed by atoms with Crippen LogP contribution in [0.15, 0.2) is 24.3 Å². The Bertz CT molecular complexity index is 599. The average Bonchev–Trinajstić information content (AvgIpc) is 2.80. The van der Waals surface area contributed by atoms with Crippen LogP contribution in [0.25, 0.3) is 0 Å². The Morgan fingerprint density at radius 1 is 1.21 bits per heavy atom. The van der Waals surface area contributed by atoms with Crippen molar-refractivity contribution in [2.45, 2.75) is 35.6 Å². The second-order valence-corrected chi connectivity index (χ2v) is 8.04. The first-order valence-corrected chi connectivity index (χ1v) is 8.78. The molecule has 1 aliphatic rings. The van der Waals surface area contributed by atoms with Gasteiger partial charge in [0.25, 0.3) is 11.6 Å². The van der Waals surface area contributed by atoms with Crippen LogP contribution in [-0.2, 0) is 0 Å². The minimum Gasteiger partial charge on any atom is -0.332 e. The third-order valence-electron chi connectivity index (χ3n) is 3.90. The fraction of sp³-hybridized carbons (Fsp3) is 0.533. The Labute approximate surface area is 155 Å². The molecule has 0 saturated carbocycles. The van der Waals surface area contributed by atoms with Crippen molar-refractivity contribution in [3.63, 3.8) is 0 Å². The van der Waals surface area contributed by atoms with Gasteiger partial charge >= 0.3 is 0 Å². The average molecular weight is 395 g/mol. The monoisotopic (exact) mass is 393 g/mol. The Kier molecular flexibility index (Phi) is 6.69. The SMILES string of the molecule is O=C(NC(N1CCCCCC1)C(Cl)(Cl)Cl)c1cccc([N+](=O)[O-])c1. The number of amides is 1. The van der Waals surface area contributed by atoms with Gasteiger partial charge in [-0.05, 0) is 18.9 Å². The minimum absolute atomic E-state index is 0.151. The van der Waals surface area contributed by atoms with Crippen molar-refractivity contribution < 1.29 is 9.72 Å². The summed E-state index contributed by atoms with van der Waals surface area (Å²) in [5, 5.41) is 13.6. The molecule has 1 fully saturated rings. The largest absolute Gasteiger partial charge is 0.332 e. The van der Waals surface area contributed by atoms with Gasteiger partial charge < -0.3 is 5.32 Å². The van der Waals surface area contributed by atoms with E-state index in [1.165, 1.54) is 24.3 Å². The molecule has 1 atom stereocenters. The smallest absolute Gasteiger partial charge is 0.270 e. The van der Waals surface area contributed by atoms with E-state index >= 15 is 0 Å². The summed E-state index contributed by atoms with van der Waals surface area (Å²) in [6.45, 7) is 1.43. The van der Waals surface area contributed by atoms with E-state index in [2.05, 4.69) is 5.32 Å². The van der Waals surface area contributed by atoms with Crippen molar-refractivity contribution in [3.05, 3.63) is 39.9 Å². The number of non-ortho nitro benzene ring substituents is 1. The summed E-state index contributed by atoms with van der Waals surface area (Å²) < 4.78 is -1.71. The van der Waals surface area contributed by atoms with Crippen LogP contribution in [-0.4, -0.2) is 38.8 Å². The molecule has 2 rings (SSSR count). The normalized spacial score (nSPS) is 17.8. The molecule has 1 saturated heterocycles. The second kappa shape index (κ2) is 8.34. The lowest BCUT2D eigenvalue weighted by Crippen LogP contribution is -2.55. The van der Waals surface area contributed by atoms with Crippen LogP contribution in [0.2, 0.25) is 0 Å². The zero-order chi connectivity index (χ0) is 17.7. The van der Waals surface area contributed by atoms with Crippen molar-refractivity contribution in [2.75, 3.05) is 13.1 Å².